The van der Waals surface area contributed by atoms with Crippen molar-refractivity contribution in [2.75, 3.05) is 11.9 Å². The van der Waals surface area contributed by atoms with Crippen molar-refractivity contribution in [3.8, 4) is 11.4 Å². The molecule has 0 aliphatic carbocycles. The number of ether oxygens (including phenoxy) is 1. The van der Waals surface area contributed by atoms with Crippen molar-refractivity contribution in [1.29, 1.82) is 0 Å². The van der Waals surface area contributed by atoms with Crippen LogP contribution in [0.3, 0.4) is 0 Å². The molecule has 0 bridgehead atoms. The minimum Gasteiger partial charge on any atom is -0.493 e. The average molecular weight is 440 g/mol. The van der Waals surface area contributed by atoms with Crippen LogP contribution in [-0.2, 0) is 17.8 Å². The highest BCUT2D eigenvalue weighted by Gasteiger charge is 2.24. The number of fused-ring (bicyclic) bond motifs is 2. The van der Waals surface area contributed by atoms with E-state index in [-0.39, 0.29) is 5.92 Å². The molecule has 33 heavy (non-hydrogen) atoms. The number of rotatable bonds is 7. The zero-order valence-electron chi connectivity index (χ0n) is 19.4. The minimum absolute atomic E-state index is 0.173. The number of aryl methyl sites for hydroxylation is 2. The maximum atomic E-state index is 10.9. The fourth-order valence-electron chi connectivity index (χ4n) is 4.84. The molecule has 1 aliphatic rings. The van der Waals surface area contributed by atoms with Gasteiger partial charge >= 0.3 is 0 Å². The van der Waals surface area contributed by atoms with Crippen molar-refractivity contribution in [3.63, 3.8) is 0 Å². The van der Waals surface area contributed by atoms with Crippen LogP contribution in [0.5, 0.6) is 5.75 Å². The van der Waals surface area contributed by atoms with Gasteiger partial charge in [0.05, 0.1) is 23.3 Å². The predicted molar refractivity (Wildman–Crippen MR) is 133 cm³/mol. The quantitative estimate of drug-likeness (QED) is 0.365. The molecule has 168 valence electrons. The third kappa shape index (κ3) is 3.78. The summed E-state index contributed by atoms with van der Waals surface area (Å²) in [5.41, 5.74) is 9.26. The Morgan fingerprint density at radius 1 is 1.15 bits per heavy atom. The van der Waals surface area contributed by atoms with Gasteiger partial charge in [0, 0.05) is 42.6 Å². The van der Waals surface area contributed by atoms with Crippen LogP contribution in [-0.4, -0.2) is 22.4 Å². The molecule has 0 unspecified atom stereocenters. The first-order valence-electron chi connectivity index (χ1n) is 11.6. The van der Waals surface area contributed by atoms with Crippen LogP contribution in [0.15, 0.2) is 54.6 Å². The smallest absolute Gasteiger partial charge is 0.124 e. The number of nitrogens with zero attached hydrogens (tertiary/aromatic N) is 2. The van der Waals surface area contributed by atoms with E-state index in [0.29, 0.717) is 19.6 Å². The van der Waals surface area contributed by atoms with Crippen LogP contribution in [0.4, 0.5) is 5.69 Å². The number of benzene rings is 3. The molecule has 0 fully saturated rings. The molecule has 5 rings (SSSR count). The highest BCUT2D eigenvalue weighted by atomic mass is 16.5. The van der Waals surface area contributed by atoms with Crippen molar-refractivity contribution in [2.24, 2.45) is 0 Å². The lowest BCUT2D eigenvalue weighted by atomic mass is 9.98. The van der Waals surface area contributed by atoms with Gasteiger partial charge in [-0.1, -0.05) is 37.3 Å². The number of para-hydroxylation sites is 1. The first kappa shape index (κ1) is 21.3. The SMILES string of the molecule is CCc1nc2cccc(C)c2n1-c1cccc(CNc2ccc3c(c2)OC[C@H]3CC=O)c1C. The van der Waals surface area contributed by atoms with E-state index < -0.39 is 0 Å². The lowest BCUT2D eigenvalue weighted by Gasteiger charge is -2.17. The molecular weight excluding hydrogens is 410 g/mol. The number of hydrogen-bond donors (Lipinski definition) is 1. The van der Waals surface area contributed by atoms with E-state index in [1.807, 2.05) is 6.07 Å². The minimum atomic E-state index is 0.173. The molecule has 4 aromatic rings. The molecule has 1 N–H and O–H groups in total. The molecule has 0 spiro atoms. The van der Waals surface area contributed by atoms with Crippen molar-refractivity contribution in [3.05, 3.63) is 82.7 Å². The van der Waals surface area contributed by atoms with Gasteiger partial charge in [0.1, 0.15) is 17.9 Å². The third-order valence-corrected chi connectivity index (χ3v) is 6.68. The fourth-order valence-corrected chi connectivity index (χ4v) is 4.84. The normalized spacial score (nSPS) is 14.8. The van der Waals surface area contributed by atoms with E-state index >= 15 is 0 Å². The molecule has 5 heteroatoms. The monoisotopic (exact) mass is 439 g/mol. The lowest BCUT2D eigenvalue weighted by Crippen LogP contribution is -2.07. The Balaban J connectivity index is 1.44. The van der Waals surface area contributed by atoms with Crippen molar-refractivity contribution in [2.45, 2.75) is 46.1 Å². The van der Waals surface area contributed by atoms with Crippen molar-refractivity contribution >= 4 is 23.0 Å². The maximum absolute atomic E-state index is 10.9. The molecule has 1 aromatic heterocycles. The topological polar surface area (TPSA) is 56.1 Å². The van der Waals surface area contributed by atoms with Gasteiger partial charge in [-0.25, -0.2) is 4.98 Å². The summed E-state index contributed by atoms with van der Waals surface area (Å²) in [7, 11) is 0. The zero-order valence-corrected chi connectivity index (χ0v) is 19.4. The van der Waals surface area contributed by atoms with Gasteiger partial charge in [-0.3, -0.25) is 4.57 Å². The molecule has 1 atom stereocenters. The Morgan fingerprint density at radius 2 is 2.00 bits per heavy atom. The van der Waals surface area contributed by atoms with Crippen LogP contribution in [0.2, 0.25) is 0 Å². The summed E-state index contributed by atoms with van der Waals surface area (Å²) in [5.74, 6) is 2.13. The summed E-state index contributed by atoms with van der Waals surface area (Å²) in [6, 6.07) is 19.0. The molecule has 0 saturated heterocycles. The first-order valence-corrected chi connectivity index (χ1v) is 11.6. The zero-order chi connectivity index (χ0) is 22.9. The molecule has 0 saturated carbocycles. The van der Waals surface area contributed by atoms with Crippen LogP contribution in [0, 0.1) is 13.8 Å². The second-order valence-electron chi connectivity index (χ2n) is 8.74. The Morgan fingerprint density at radius 3 is 2.82 bits per heavy atom. The molecule has 3 aromatic carbocycles. The fraction of sp³-hybridized carbons (Fsp3) is 0.286. The average Bonchev–Trinajstić information content (AvgIpc) is 3.40. The number of imidazole rings is 1. The number of nitrogens with one attached hydrogen (secondary N) is 1. The lowest BCUT2D eigenvalue weighted by molar-refractivity contribution is -0.108. The molecule has 2 heterocycles. The summed E-state index contributed by atoms with van der Waals surface area (Å²) >= 11 is 0. The summed E-state index contributed by atoms with van der Waals surface area (Å²) in [6.07, 6.45) is 2.35. The van der Waals surface area contributed by atoms with Gasteiger partial charge < -0.3 is 14.8 Å². The van der Waals surface area contributed by atoms with Gasteiger partial charge in [-0.05, 0) is 48.7 Å². The Kier molecular flexibility index (Phi) is 5.63. The summed E-state index contributed by atoms with van der Waals surface area (Å²) < 4.78 is 8.14. The summed E-state index contributed by atoms with van der Waals surface area (Å²) in [6.45, 7) is 7.78. The number of carbonyl (C=O) groups is 1. The van der Waals surface area contributed by atoms with Gasteiger partial charge in [-0.15, -0.1) is 0 Å². The van der Waals surface area contributed by atoms with Crippen LogP contribution in [0.25, 0.3) is 16.7 Å². The Bertz CT molecular complexity index is 1340. The maximum Gasteiger partial charge on any atom is 0.124 e. The van der Waals surface area contributed by atoms with E-state index in [1.54, 1.807) is 0 Å². The second kappa shape index (κ2) is 8.74. The van der Waals surface area contributed by atoms with Crippen molar-refractivity contribution in [1.82, 2.24) is 9.55 Å². The molecule has 1 aliphatic heterocycles. The van der Waals surface area contributed by atoms with Crippen LogP contribution >= 0.6 is 0 Å². The standard InChI is InChI=1S/C28H29N3O2/c1-4-27-30-24-9-5-7-18(2)28(24)31(27)25-10-6-8-20(19(25)3)16-29-22-11-12-23-21(13-14-32)17-33-26(23)15-22/h5-12,14-15,21,29H,4,13,16-17H2,1-3H3/t21-/m1/s1. The van der Waals surface area contributed by atoms with E-state index in [0.717, 1.165) is 41.0 Å². The highest BCUT2D eigenvalue weighted by Crippen LogP contribution is 2.37. The number of aromatic nitrogens is 2. The van der Waals surface area contributed by atoms with Gasteiger partial charge in [-0.2, -0.15) is 0 Å². The molecule has 5 nitrogen and oxygen atoms in total. The summed E-state index contributed by atoms with van der Waals surface area (Å²) in [4.78, 5) is 15.8. The summed E-state index contributed by atoms with van der Waals surface area (Å²) in [5, 5.41) is 3.55. The highest BCUT2D eigenvalue weighted by molar-refractivity contribution is 5.82. The number of anilines is 1. The molecule has 0 amide bonds. The first-order chi connectivity index (χ1) is 16.1. The van der Waals surface area contributed by atoms with Gasteiger partial charge in [0.2, 0.25) is 0 Å². The number of aldehydes is 1. The predicted octanol–water partition coefficient (Wildman–Crippen LogP) is 5.88. The third-order valence-electron chi connectivity index (χ3n) is 6.68. The van der Waals surface area contributed by atoms with E-state index in [9.17, 15) is 4.79 Å². The molecular formula is C28H29N3O2. The van der Waals surface area contributed by atoms with Gasteiger partial charge in [0.15, 0.2) is 0 Å². The Labute approximate surface area is 194 Å². The van der Waals surface area contributed by atoms with Gasteiger partial charge in [0.25, 0.3) is 0 Å². The Hall–Kier alpha value is -3.60. The molecule has 0 radical (unpaired) electrons. The van der Waals surface area contributed by atoms with Crippen LogP contribution < -0.4 is 10.1 Å². The van der Waals surface area contributed by atoms with E-state index in [4.69, 9.17) is 9.72 Å². The van der Waals surface area contributed by atoms with E-state index in [2.05, 4.69) is 79.2 Å². The largest absolute Gasteiger partial charge is 0.493 e. The van der Waals surface area contributed by atoms with Crippen molar-refractivity contribution < 1.29 is 9.53 Å². The van der Waals surface area contributed by atoms with Crippen LogP contribution in [0.1, 0.15) is 47.3 Å². The number of hydrogen-bond acceptors (Lipinski definition) is 4. The number of carbonyl (C=O) groups excluding carboxylic acids is 1. The second-order valence-corrected chi connectivity index (χ2v) is 8.74. The van der Waals surface area contributed by atoms with E-state index in [1.165, 1.54) is 27.9 Å².